The Morgan fingerprint density at radius 2 is 1.90 bits per heavy atom. The van der Waals surface area contributed by atoms with E-state index in [-0.39, 0.29) is 21.5 Å². The fourth-order valence-corrected chi connectivity index (χ4v) is 8.49. The minimum absolute atomic E-state index is 0.00183. The first kappa shape index (κ1) is 18.7. The maximum absolute atomic E-state index is 13.8. The lowest BCUT2D eigenvalue weighted by molar-refractivity contribution is -0.135. The summed E-state index contributed by atoms with van der Waals surface area (Å²) in [7, 11) is 0. The van der Waals surface area contributed by atoms with Crippen molar-refractivity contribution in [1.82, 2.24) is 5.43 Å². The highest BCUT2D eigenvalue weighted by Crippen LogP contribution is 2.65. The predicted octanol–water partition coefficient (Wildman–Crippen LogP) is 2.95. The van der Waals surface area contributed by atoms with Crippen LogP contribution in [0.15, 0.2) is 29.4 Å². The highest BCUT2D eigenvalue weighted by molar-refractivity contribution is 9.10. The number of carbonyl (C=O) groups is 3. The topological polar surface area (TPSA) is 78.8 Å². The Kier molecular flexibility index (Phi) is 3.73. The third-order valence-electron chi connectivity index (χ3n) is 7.70. The molecule has 4 atom stereocenters. The van der Waals surface area contributed by atoms with Crippen LogP contribution in [0.2, 0.25) is 0 Å². The standard InChI is InChI=1S/C22H21BrFN3O3/c23-22-8-11-4-12(9-22)7-21(6-11,10-22)18(28)16-15-17(26-25-16)20(30)27(19(15)29)14-3-1-2-13(24)5-14/h1-3,5,11-12,15,17,26H,4,6-10H2/t11-,12-,15+,17+,21?,22?/m1/s1. The molecule has 1 aromatic rings. The fraction of sp³-hybridized carbons (Fsp3) is 0.545. The zero-order valence-corrected chi connectivity index (χ0v) is 17.8. The normalized spacial score (nSPS) is 41.1. The summed E-state index contributed by atoms with van der Waals surface area (Å²) in [6.45, 7) is 0. The number of rotatable bonds is 3. The van der Waals surface area contributed by atoms with Crippen LogP contribution in [0.4, 0.5) is 10.1 Å². The van der Waals surface area contributed by atoms with Crippen molar-refractivity contribution < 1.29 is 18.8 Å². The molecule has 30 heavy (non-hydrogen) atoms. The molecule has 2 aliphatic heterocycles. The van der Waals surface area contributed by atoms with Crippen LogP contribution >= 0.6 is 15.9 Å². The molecule has 5 fully saturated rings. The number of hydrazone groups is 1. The van der Waals surface area contributed by atoms with E-state index in [2.05, 4.69) is 26.5 Å². The number of hydrogen-bond acceptors (Lipinski definition) is 5. The van der Waals surface area contributed by atoms with E-state index in [1.165, 1.54) is 24.6 Å². The molecule has 4 aliphatic carbocycles. The van der Waals surface area contributed by atoms with Crippen molar-refractivity contribution in [3.8, 4) is 0 Å². The lowest BCUT2D eigenvalue weighted by Gasteiger charge is -2.59. The van der Waals surface area contributed by atoms with E-state index >= 15 is 0 Å². The molecule has 0 unspecified atom stereocenters. The van der Waals surface area contributed by atoms with Crippen molar-refractivity contribution in [2.75, 3.05) is 4.90 Å². The third-order valence-corrected chi connectivity index (χ3v) is 8.62. The van der Waals surface area contributed by atoms with E-state index in [1.54, 1.807) is 0 Å². The molecule has 0 radical (unpaired) electrons. The number of hydrogen-bond donors (Lipinski definition) is 1. The zero-order chi connectivity index (χ0) is 20.8. The first-order valence-corrected chi connectivity index (χ1v) is 11.3. The Labute approximate surface area is 181 Å². The number of carbonyl (C=O) groups excluding carboxylic acids is 3. The molecular formula is C22H21BrFN3O3. The summed E-state index contributed by atoms with van der Waals surface area (Å²) in [5.41, 5.74) is 2.59. The summed E-state index contributed by atoms with van der Waals surface area (Å²) in [5.74, 6) is -1.51. The molecule has 7 rings (SSSR count). The number of amides is 2. The Morgan fingerprint density at radius 3 is 2.57 bits per heavy atom. The zero-order valence-electron chi connectivity index (χ0n) is 16.2. The highest BCUT2D eigenvalue weighted by atomic mass is 79.9. The lowest BCUT2D eigenvalue weighted by Crippen LogP contribution is -2.57. The largest absolute Gasteiger partial charge is 0.296 e. The van der Waals surface area contributed by atoms with Gasteiger partial charge in [0.05, 0.1) is 5.69 Å². The first-order chi connectivity index (χ1) is 14.3. The van der Waals surface area contributed by atoms with Crippen LogP contribution in [0.1, 0.15) is 38.5 Å². The van der Waals surface area contributed by atoms with Gasteiger partial charge >= 0.3 is 0 Å². The van der Waals surface area contributed by atoms with Gasteiger partial charge in [0, 0.05) is 9.74 Å². The number of nitrogens with zero attached hydrogens (tertiary/aromatic N) is 2. The molecular weight excluding hydrogens is 453 g/mol. The Balaban J connectivity index is 1.33. The third kappa shape index (κ3) is 2.46. The lowest BCUT2D eigenvalue weighted by atomic mass is 9.48. The number of benzene rings is 1. The number of nitrogens with one attached hydrogen (secondary N) is 1. The number of halogens is 2. The SMILES string of the molecule is O=C1[C@H]2C(C(=O)C34C[C@H]5C[C@@H](CC(Br)(C5)C3)C4)=NN[C@@H]2C(=O)N1c1cccc(F)c1. The molecule has 2 heterocycles. The van der Waals surface area contributed by atoms with Crippen LogP contribution in [0.25, 0.3) is 0 Å². The molecule has 4 bridgehead atoms. The van der Waals surface area contributed by atoms with Gasteiger partial charge in [-0.2, -0.15) is 5.10 Å². The van der Waals surface area contributed by atoms with Gasteiger partial charge < -0.3 is 0 Å². The van der Waals surface area contributed by atoms with E-state index in [9.17, 15) is 18.8 Å². The highest BCUT2D eigenvalue weighted by Gasteiger charge is 2.63. The van der Waals surface area contributed by atoms with E-state index in [1.807, 2.05) is 0 Å². The van der Waals surface area contributed by atoms with Gasteiger partial charge in [-0.3, -0.25) is 19.8 Å². The van der Waals surface area contributed by atoms with Gasteiger partial charge in [-0.25, -0.2) is 9.29 Å². The monoisotopic (exact) mass is 473 g/mol. The average molecular weight is 474 g/mol. The molecule has 6 nitrogen and oxygen atoms in total. The number of ketones is 1. The van der Waals surface area contributed by atoms with Gasteiger partial charge in [-0.05, 0) is 68.6 Å². The van der Waals surface area contributed by atoms with Gasteiger partial charge in [0.25, 0.3) is 5.91 Å². The van der Waals surface area contributed by atoms with Gasteiger partial charge in [-0.1, -0.05) is 22.0 Å². The van der Waals surface area contributed by atoms with E-state index in [0.29, 0.717) is 11.8 Å². The van der Waals surface area contributed by atoms with Crippen LogP contribution in [0.3, 0.4) is 0 Å². The maximum Gasteiger partial charge on any atom is 0.259 e. The van der Waals surface area contributed by atoms with Gasteiger partial charge in [0.2, 0.25) is 5.91 Å². The summed E-state index contributed by atoms with van der Waals surface area (Å²) in [6.07, 6.45) is 5.80. The van der Waals surface area contributed by atoms with Gasteiger partial charge in [-0.15, -0.1) is 0 Å². The number of fused-ring (bicyclic) bond motifs is 1. The Bertz CT molecular complexity index is 1030. The van der Waals surface area contributed by atoms with Gasteiger partial charge in [0.1, 0.15) is 23.5 Å². The van der Waals surface area contributed by atoms with Crippen molar-refractivity contribution in [1.29, 1.82) is 0 Å². The Hall–Kier alpha value is -2.09. The predicted molar refractivity (Wildman–Crippen MR) is 111 cm³/mol. The Morgan fingerprint density at radius 1 is 1.17 bits per heavy atom. The van der Waals surface area contributed by atoms with Crippen molar-refractivity contribution in [2.45, 2.75) is 48.9 Å². The summed E-state index contributed by atoms with van der Waals surface area (Å²) in [6, 6.07) is 4.49. The van der Waals surface area contributed by atoms with Crippen LogP contribution < -0.4 is 10.3 Å². The van der Waals surface area contributed by atoms with Crippen molar-refractivity contribution in [2.24, 2.45) is 28.3 Å². The molecule has 1 saturated heterocycles. The van der Waals surface area contributed by atoms with Gasteiger partial charge in [0.15, 0.2) is 5.78 Å². The second-order valence-corrected chi connectivity index (χ2v) is 11.5. The molecule has 8 heteroatoms. The maximum atomic E-state index is 13.8. The van der Waals surface area contributed by atoms with E-state index in [4.69, 9.17) is 0 Å². The number of anilines is 1. The fourth-order valence-electron chi connectivity index (χ4n) is 7.03. The molecule has 156 valence electrons. The van der Waals surface area contributed by atoms with Crippen molar-refractivity contribution in [3.05, 3.63) is 30.1 Å². The summed E-state index contributed by atoms with van der Waals surface area (Å²) in [5, 5.41) is 4.21. The minimum Gasteiger partial charge on any atom is -0.296 e. The molecule has 0 spiro atoms. The minimum atomic E-state index is -0.937. The van der Waals surface area contributed by atoms with Crippen molar-refractivity contribution in [3.63, 3.8) is 0 Å². The van der Waals surface area contributed by atoms with E-state index in [0.717, 1.165) is 43.1 Å². The van der Waals surface area contributed by atoms with Crippen LogP contribution in [-0.4, -0.2) is 33.7 Å². The van der Waals surface area contributed by atoms with Crippen LogP contribution in [0, 0.1) is 29.0 Å². The second kappa shape index (κ2) is 5.99. The second-order valence-electron chi connectivity index (χ2n) is 9.79. The molecule has 4 saturated carbocycles. The summed E-state index contributed by atoms with van der Waals surface area (Å²) >= 11 is 3.92. The molecule has 1 N–H and O–H groups in total. The van der Waals surface area contributed by atoms with Crippen LogP contribution in [0.5, 0.6) is 0 Å². The summed E-state index contributed by atoms with van der Waals surface area (Å²) < 4.78 is 13.7. The van der Waals surface area contributed by atoms with Crippen molar-refractivity contribution >= 4 is 44.9 Å². The van der Waals surface area contributed by atoms with Crippen LogP contribution in [-0.2, 0) is 14.4 Å². The number of alkyl halides is 1. The smallest absolute Gasteiger partial charge is 0.259 e. The average Bonchev–Trinajstić information content (AvgIpc) is 3.19. The molecule has 0 aromatic heterocycles. The molecule has 1 aromatic carbocycles. The molecule has 6 aliphatic rings. The first-order valence-electron chi connectivity index (χ1n) is 10.5. The molecule has 2 amide bonds. The number of Topliss-reactive ketones (excluding diaryl/α,β-unsaturated/α-hetero) is 1. The number of imide groups is 1. The summed E-state index contributed by atoms with van der Waals surface area (Å²) in [4.78, 5) is 40.9. The quantitative estimate of drug-likeness (QED) is 0.540. The van der Waals surface area contributed by atoms with E-state index < -0.39 is 35.0 Å².